The molecule has 144 valence electrons. The molecule has 0 aromatic rings. The number of ketones is 1. The second-order valence-electron chi connectivity index (χ2n) is 8.15. The zero-order chi connectivity index (χ0) is 19.5. The maximum atomic E-state index is 12.6. The molecule has 0 amide bonds. The van der Waals surface area contributed by atoms with Crippen molar-refractivity contribution in [3.63, 3.8) is 0 Å². The quantitative estimate of drug-likeness (QED) is 0.388. The van der Waals surface area contributed by atoms with Crippen molar-refractivity contribution >= 4 is 20.1 Å². The molecule has 1 saturated heterocycles. The number of Topliss-reactive ketones (excluding diaryl/α,β-unsaturated/α-hetero) is 1. The third-order valence-electron chi connectivity index (χ3n) is 4.54. The molecule has 7 heteroatoms. The van der Waals surface area contributed by atoms with Crippen LogP contribution >= 0.6 is 0 Å². The Morgan fingerprint density at radius 1 is 1.20 bits per heavy atom. The lowest BCUT2D eigenvalue weighted by Crippen LogP contribution is -2.44. The molecule has 1 aliphatic heterocycles. The summed E-state index contributed by atoms with van der Waals surface area (Å²) in [6, 6.07) is 0. The van der Waals surface area contributed by atoms with E-state index in [2.05, 4.69) is 33.9 Å². The standard InChI is InChI=1S/C18H32O6Si/c1-9-21-15(20)11-10-14-16(24-18(5,6)23-14)13(19)12-22-25(7,8)17(2,3)4/h10-11,14,16H,9,12H2,1-8H3/b11-10+/t14-,16+/m1/s1. The zero-order valence-electron chi connectivity index (χ0n) is 16.7. The molecule has 0 radical (unpaired) electrons. The first-order valence-corrected chi connectivity index (χ1v) is 11.6. The molecule has 0 N–H and O–H groups in total. The van der Waals surface area contributed by atoms with Gasteiger partial charge in [-0.2, -0.15) is 0 Å². The van der Waals surface area contributed by atoms with Gasteiger partial charge in [-0.3, -0.25) is 4.79 Å². The Morgan fingerprint density at radius 2 is 1.80 bits per heavy atom. The van der Waals surface area contributed by atoms with E-state index in [0.717, 1.165) is 0 Å². The smallest absolute Gasteiger partial charge is 0.330 e. The maximum Gasteiger partial charge on any atom is 0.330 e. The molecule has 0 aromatic carbocycles. The monoisotopic (exact) mass is 372 g/mol. The predicted octanol–water partition coefficient (Wildman–Crippen LogP) is 3.22. The van der Waals surface area contributed by atoms with Crippen LogP contribution in [-0.4, -0.2) is 51.3 Å². The first-order chi connectivity index (χ1) is 11.3. The van der Waals surface area contributed by atoms with Crippen LogP contribution < -0.4 is 0 Å². The van der Waals surface area contributed by atoms with E-state index < -0.39 is 32.3 Å². The van der Waals surface area contributed by atoms with Crippen molar-refractivity contribution in [1.82, 2.24) is 0 Å². The maximum absolute atomic E-state index is 12.6. The zero-order valence-corrected chi connectivity index (χ0v) is 17.7. The summed E-state index contributed by atoms with van der Waals surface area (Å²) in [5, 5.41) is 0.0167. The number of hydrogen-bond acceptors (Lipinski definition) is 6. The first kappa shape index (κ1) is 22.0. The fourth-order valence-electron chi connectivity index (χ4n) is 2.09. The molecule has 0 aromatic heterocycles. The number of carbonyl (C=O) groups is 2. The third-order valence-corrected chi connectivity index (χ3v) is 9.01. The SMILES string of the molecule is CCOC(=O)/C=C/[C@H]1OC(C)(C)O[C@H]1C(=O)CO[Si](C)(C)C(C)(C)C. The van der Waals surface area contributed by atoms with Gasteiger partial charge in [0.25, 0.3) is 0 Å². The first-order valence-electron chi connectivity index (χ1n) is 8.66. The highest BCUT2D eigenvalue weighted by molar-refractivity contribution is 6.74. The van der Waals surface area contributed by atoms with E-state index in [1.54, 1.807) is 20.8 Å². The average molecular weight is 373 g/mol. The lowest BCUT2D eigenvalue weighted by molar-refractivity contribution is -0.154. The van der Waals surface area contributed by atoms with Crippen LogP contribution in [0.2, 0.25) is 18.1 Å². The van der Waals surface area contributed by atoms with Gasteiger partial charge in [0.05, 0.1) is 13.2 Å². The molecule has 1 aliphatic rings. The Balaban J connectivity index is 2.78. The lowest BCUT2D eigenvalue weighted by atomic mass is 10.1. The minimum atomic E-state index is -2.03. The summed E-state index contributed by atoms with van der Waals surface area (Å²) in [5.41, 5.74) is 0. The molecule has 25 heavy (non-hydrogen) atoms. The summed E-state index contributed by atoms with van der Waals surface area (Å²) in [6.45, 7) is 16.0. The molecular weight excluding hydrogens is 340 g/mol. The Morgan fingerprint density at radius 3 is 2.32 bits per heavy atom. The van der Waals surface area contributed by atoms with Crippen molar-refractivity contribution in [2.75, 3.05) is 13.2 Å². The number of rotatable bonds is 7. The van der Waals surface area contributed by atoms with E-state index in [-0.39, 0.29) is 17.4 Å². The fraction of sp³-hybridized carbons (Fsp3) is 0.778. The van der Waals surface area contributed by atoms with Crippen molar-refractivity contribution < 1.29 is 28.2 Å². The molecule has 0 unspecified atom stereocenters. The third kappa shape index (κ3) is 6.33. The van der Waals surface area contributed by atoms with E-state index in [4.69, 9.17) is 18.6 Å². The van der Waals surface area contributed by atoms with E-state index in [1.165, 1.54) is 12.2 Å². The van der Waals surface area contributed by atoms with Crippen LogP contribution in [-0.2, 0) is 28.2 Å². The van der Waals surface area contributed by atoms with Gasteiger partial charge in [0.2, 0.25) is 0 Å². The topological polar surface area (TPSA) is 71.1 Å². The molecule has 0 bridgehead atoms. The highest BCUT2D eigenvalue weighted by Crippen LogP contribution is 2.37. The van der Waals surface area contributed by atoms with Gasteiger partial charge in [0.15, 0.2) is 26.0 Å². The Bertz CT molecular complexity index is 518. The van der Waals surface area contributed by atoms with Crippen LogP contribution in [0.25, 0.3) is 0 Å². The summed E-state index contributed by atoms with van der Waals surface area (Å²) in [4.78, 5) is 24.1. The Hall–Kier alpha value is -1.02. The van der Waals surface area contributed by atoms with E-state index in [1.807, 2.05) is 0 Å². The highest BCUT2D eigenvalue weighted by Gasteiger charge is 2.45. The van der Waals surface area contributed by atoms with Crippen LogP contribution in [0.5, 0.6) is 0 Å². The van der Waals surface area contributed by atoms with Crippen LogP contribution in [0.3, 0.4) is 0 Å². The van der Waals surface area contributed by atoms with E-state index in [9.17, 15) is 9.59 Å². The van der Waals surface area contributed by atoms with Gasteiger partial charge in [-0.1, -0.05) is 20.8 Å². The fourth-order valence-corrected chi connectivity index (χ4v) is 3.03. The molecule has 1 rings (SSSR count). The molecule has 1 heterocycles. The summed E-state index contributed by atoms with van der Waals surface area (Å²) in [7, 11) is -2.03. The number of esters is 1. The van der Waals surface area contributed by atoms with E-state index in [0.29, 0.717) is 6.61 Å². The number of hydrogen-bond donors (Lipinski definition) is 0. The van der Waals surface area contributed by atoms with Gasteiger partial charge in [0.1, 0.15) is 6.10 Å². The van der Waals surface area contributed by atoms with Crippen molar-refractivity contribution in [2.45, 2.75) is 77.7 Å². The minimum Gasteiger partial charge on any atom is -0.463 e. The van der Waals surface area contributed by atoms with E-state index >= 15 is 0 Å². The molecule has 2 atom stereocenters. The van der Waals surface area contributed by atoms with Crippen LogP contribution in [0.15, 0.2) is 12.2 Å². The molecule has 0 saturated carbocycles. The molecule has 0 spiro atoms. The average Bonchev–Trinajstić information content (AvgIpc) is 2.77. The van der Waals surface area contributed by atoms with Crippen LogP contribution in [0.4, 0.5) is 0 Å². The van der Waals surface area contributed by atoms with Gasteiger partial charge in [0, 0.05) is 6.08 Å². The Labute approximate surface area is 152 Å². The van der Waals surface area contributed by atoms with Crippen molar-refractivity contribution in [3.8, 4) is 0 Å². The van der Waals surface area contributed by atoms with Gasteiger partial charge < -0.3 is 18.6 Å². The lowest BCUT2D eigenvalue weighted by Gasteiger charge is -2.36. The van der Waals surface area contributed by atoms with Crippen molar-refractivity contribution in [1.29, 1.82) is 0 Å². The summed E-state index contributed by atoms with van der Waals surface area (Å²) >= 11 is 0. The highest BCUT2D eigenvalue weighted by atomic mass is 28.4. The van der Waals surface area contributed by atoms with Gasteiger partial charge in [-0.05, 0) is 45.0 Å². The second-order valence-corrected chi connectivity index (χ2v) is 13.0. The van der Waals surface area contributed by atoms with Crippen molar-refractivity contribution in [3.05, 3.63) is 12.2 Å². The number of carbonyl (C=O) groups excluding carboxylic acids is 2. The summed E-state index contributed by atoms with van der Waals surface area (Å²) in [6.07, 6.45) is 1.34. The van der Waals surface area contributed by atoms with Crippen LogP contribution in [0.1, 0.15) is 41.5 Å². The van der Waals surface area contributed by atoms with Crippen LogP contribution in [0, 0.1) is 0 Å². The summed E-state index contributed by atoms with van der Waals surface area (Å²) in [5.74, 6) is -1.56. The minimum absolute atomic E-state index is 0.0167. The molecule has 0 aliphatic carbocycles. The van der Waals surface area contributed by atoms with Gasteiger partial charge in [-0.15, -0.1) is 0 Å². The summed E-state index contributed by atoms with van der Waals surface area (Å²) < 4.78 is 22.3. The molecule has 6 nitrogen and oxygen atoms in total. The van der Waals surface area contributed by atoms with Crippen molar-refractivity contribution in [2.24, 2.45) is 0 Å². The largest absolute Gasteiger partial charge is 0.463 e. The molecule has 1 fully saturated rings. The second kappa shape index (κ2) is 8.12. The Kier molecular flexibility index (Phi) is 7.15. The van der Waals surface area contributed by atoms with Gasteiger partial charge in [-0.25, -0.2) is 4.79 Å². The predicted molar refractivity (Wildman–Crippen MR) is 97.8 cm³/mol. The number of ether oxygens (including phenoxy) is 3. The normalized spacial score (nSPS) is 23.8. The van der Waals surface area contributed by atoms with Gasteiger partial charge >= 0.3 is 5.97 Å². The molecular formula is C18H32O6Si.